The molecule has 0 amide bonds. The number of hydrogen-bond donors (Lipinski definition) is 0. The molecule has 0 N–H and O–H groups in total. The summed E-state index contributed by atoms with van der Waals surface area (Å²) in [5.41, 5.74) is 0.183. The number of benzene rings is 1. The summed E-state index contributed by atoms with van der Waals surface area (Å²) in [5.74, 6) is 0.207. The molecule has 0 heterocycles. The zero-order valence-corrected chi connectivity index (χ0v) is 12.8. The first-order valence-electron chi connectivity index (χ1n) is 7.48. The van der Waals surface area contributed by atoms with Crippen LogP contribution in [0, 0.1) is 10.1 Å². The van der Waals surface area contributed by atoms with Gasteiger partial charge in [0.2, 0.25) is 0 Å². The fraction of sp³-hybridized carbons (Fsp3) is 0.562. The van der Waals surface area contributed by atoms with Gasteiger partial charge in [-0.1, -0.05) is 39.0 Å². The van der Waals surface area contributed by atoms with Gasteiger partial charge >= 0.3 is 0 Å². The predicted octanol–water partition coefficient (Wildman–Crippen LogP) is 4.54. The van der Waals surface area contributed by atoms with E-state index in [2.05, 4.69) is 6.92 Å². The van der Waals surface area contributed by atoms with E-state index in [1.807, 2.05) is 0 Å². The lowest BCUT2D eigenvalue weighted by atomic mass is 10.1. The highest BCUT2D eigenvalue weighted by Crippen LogP contribution is 2.25. The van der Waals surface area contributed by atoms with Crippen LogP contribution in [0.15, 0.2) is 18.2 Å². The molecule has 21 heavy (non-hydrogen) atoms. The Kier molecular flexibility index (Phi) is 7.43. The van der Waals surface area contributed by atoms with Crippen LogP contribution in [0.5, 0.6) is 5.75 Å². The van der Waals surface area contributed by atoms with Crippen molar-refractivity contribution < 1.29 is 14.5 Å². The number of nitrogens with zero attached hydrogens (tertiary/aromatic N) is 1. The van der Waals surface area contributed by atoms with Crippen LogP contribution in [0.4, 0.5) is 5.69 Å². The van der Waals surface area contributed by atoms with Gasteiger partial charge in [-0.2, -0.15) is 0 Å². The highest BCUT2D eigenvalue weighted by atomic mass is 16.6. The van der Waals surface area contributed by atoms with E-state index >= 15 is 0 Å². The van der Waals surface area contributed by atoms with Gasteiger partial charge in [0.15, 0.2) is 5.78 Å². The minimum absolute atomic E-state index is 0.0906. The summed E-state index contributed by atoms with van der Waals surface area (Å²) in [4.78, 5) is 21.8. The summed E-state index contributed by atoms with van der Waals surface area (Å²) in [6, 6.07) is 4.15. The van der Waals surface area contributed by atoms with Crippen molar-refractivity contribution in [2.24, 2.45) is 0 Å². The zero-order chi connectivity index (χ0) is 15.7. The average Bonchev–Trinajstić information content (AvgIpc) is 2.46. The first-order valence-corrected chi connectivity index (χ1v) is 7.48. The number of ketones is 1. The van der Waals surface area contributed by atoms with Crippen LogP contribution in [-0.2, 0) is 0 Å². The van der Waals surface area contributed by atoms with Gasteiger partial charge in [0.1, 0.15) is 5.75 Å². The number of ether oxygens (including phenoxy) is 1. The van der Waals surface area contributed by atoms with E-state index < -0.39 is 4.92 Å². The van der Waals surface area contributed by atoms with E-state index in [-0.39, 0.29) is 17.0 Å². The molecule has 0 aliphatic rings. The number of non-ortho nitro benzene ring substituents is 1. The highest BCUT2D eigenvalue weighted by molar-refractivity contribution is 5.97. The SMILES string of the molecule is CCCCCCCCOc1ccc([N+](=O)[O-])cc1C(C)=O. The van der Waals surface area contributed by atoms with E-state index in [0.29, 0.717) is 12.4 Å². The van der Waals surface area contributed by atoms with Gasteiger partial charge in [-0.15, -0.1) is 0 Å². The highest BCUT2D eigenvalue weighted by Gasteiger charge is 2.14. The zero-order valence-electron chi connectivity index (χ0n) is 12.8. The molecule has 116 valence electrons. The number of carbonyl (C=O) groups excluding carboxylic acids is 1. The molecule has 1 aromatic rings. The number of nitro benzene ring substituents is 1. The third-order valence-corrected chi connectivity index (χ3v) is 3.31. The molecule has 5 heteroatoms. The van der Waals surface area contributed by atoms with E-state index in [9.17, 15) is 14.9 Å². The summed E-state index contributed by atoms with van der Waals surface area (Å²) >= 11 is 0. The number of Topliss-reactive ketones (excluding diaryl/α,β-unsaturated/α-hetero) is 1. The summed E-state index contributed by atoms with van der Waals surface area (Å²) < 4.78 is 5.60. The van der Waals surface area contributed by atoms with Crippen molar-refractivity contribution >= 4 is 11.5 Å². The first-order chi connectivity index (χ1) is 10.1. The molecule has 0 radical (unpaired) electrons. The second kappa shape index (κ2) is 9.10. The second-order valence-corrected chi connectivity index (χ2v) is 5.11. The molecule has 0 unspecified atom stereocenters. The molecule has 1 rings (SSSR count). The van der Waals surface area contributed by atoms with Crippen LogP contribution >= 0.6 is 0 Å². The van der Waals surface area contributed by atoms with Gasteiger partial charge in [0, 0.05) is 12.1 Å². The third kappa shape index (κ3) is 5.94. The number of carbonyl (C=O) groups is 1. The van der Waals surface area contributed by atoms with Crippen LogP contribution in [0.2, 0.25) is 0 Å². The van der Waals surface area contributed by atoms with Crippen LogP contribution in [0.3, 0.4) is 0 Å². The van der Waals surface area contributed by atoms with Crippen molar-refractivity contribution in [3.8, 4) is 5.75 Å². The molecule has 0 aliphatic carbocycles. The Balaban J connectivity index is 2.51. The lowest BCUT2D eigenvalue weighted by molar-refractivity contribution is -0.384. The maximum atomic E-state index is 11.5. The Hall–Kier alpha value is -1.91. The van der Waals surface area contributed by atoms with Gasteiger partial charge in [-0.05, 0) is 19.4 Å². The van der Waals surface area contributed by atoms with E-state index in [0.717, 1.165) is 12.8 Å². The average molecular weight is 293 g/mol. The van der Waals surface area contributed by atoms with Crippen molar-refractivity contribution in [3.63, 3.8) is 0 Å². The quantitative estimate of drug-likeness (QED) is 0.275. The number of hydrogen-bond acceptors (Lipinski definition) is 4. The van der Waals surface area contributed by atoms with Crippen LogP contribution in [-0.4, -0.2) is 17.3 Å². The van der Waals surface area contributed by atoms with Gasteiger partial charge in [0.25, 0.3) is 5.69 Å². The molecule has 0 fully saturated rings. The maximum Gasteiger partial charge on any atom is 0.270 e. The fourth-order valence-electron chi connectivity index (χ4n) is 2.10. The van der Waals surface area contributed by atoms with E-state index in [4.69, 9.17) is 4.74 Å². The Morgan fingerprint density at radius 1 is 1.19 bits per heavy atom. The van der Waals surface area contributed by atoms with Crippen molar-refractivity contribution in [2.75, 3.05) is 6.61 Å². The maximum absolute atomic E-state index is 11.5. The molecular formula is C16H23NO4. The minimum Gasteiger partial charge on any atom is -0.493 e. The molecule has 1 aromatic carbocycles. The Labute approximate surface area is 125 Å². The van der Waals surface area contributed by atoms with Gasteiger partial charge < -0.3 is 4.74 Å². The lowest BCUT2D eigenvalue weighted by Crippen LogP contribution is -2.04. The molecule has 0 bridgehead atoms. The summed E-state index contributed by atoms with van der Waals surface area (Å²) in [6.07, 6.45) is 6.95. The van der Waals surface area contributed by atoms with Gasteiger partial charge in [-0.3, -0.25) is 14.9 Å². The fourth-order valence-corrected chi connectivity index (χ4v) is 2.10. The molecule has 0 spiro atoms. The standard InChI is InChI=1S/C16H23NO4/c1-3-4-5-6-7-8-11-21-16-10-9-14(17(19)20)12-15(16)13(2)18/h9-10,12H,3-8,11H2,1-2H3. The van der Waals surface area contributed by atoms with Crippen LogP contribution in [0.25, 0.3) is 0 Å². The second-order valence-electron chi connectivity index (χ2n) is 5.11. The summed E-state index contributed by atoms with van der Waals surface area (Å²) in [5, 5.41) is 10.7. The summed E-state index contributed by atoms with van der Waals surface area (Å²) in [6.45, 7) is 4.10. The van der Waals surface area contributed by atoms with Crippen LogP contribution < -0.4 is 4.74 Å². The molecule has 0 saturated carbocycles. The number of rotatable bonds is 10. The Bertz CT molecular complexity index is 485. The first kappa shape index (κ1) is 17.1. The van der Waals surface area contributed by atoms with Crippen molar-refractivity contribution in [1.29, 1.82) is 0 Å². The Morgan fingerprint density at radius 2 is 1.86 bits per heavy atom. The molecule has 0 aromatic heterocycles. The van der Waals surface area contributed by atoms with Crippen molar-refractivity contribution in [2.45, 2.75) is 52.4 Å². The van der Waals surface area contributed by atoms with Gasteiger partial charge in [-0.25, -0.2) is 0 Å². The Morgan fingerprint density at radius 3 is 2.48 bits per heavy atom. The molecule has 0 atom stereocenters. The molecule has 0 saturated heterocycles. The number of nitro groups is 1. The van der Waals surface area contributed by atoms with Gasteiger partial charge in [0.05, 0.1) is 17.1 Å². The lowest BCUT2D eigenvalue weighted by Gasteiger charge is -2.09. The van der Waals surface area contributed by atoms with E-state index in [1.54, 1.807) is 0 Å². The molecule has 5 nitrogen and oxygen atoms in total. The smallest absolute Gasteiger partial charge is 0.270 e. The van der Waals surface area contributed by atoms with Crippen LogP contribution in [0.1, 0.15) is 62.7 Å². The molecule has 0 aliphatic heterocycles. The van der Waals surface area contributed by atoms with Crippen molar-refractivity contribution in [1.82, 2.24) is 0 Å². The largest absolute Gasteiger partial charge is 0.493 e. The monoisotopic (exact) mass is 293 g/mol. The van der Waals surface area contributed by atoms with Crippen molar-refractivity contribution in [3.05, 3.63) is 33.9 Å². The topological polar surface area (TPSA) is 69.4 Å². The normalized spacial score (nSPS) is 10.4. The van der Waals surface area contributed by atoms with E-state index in [1.165, 1.54) is 50.8 Å². The summed E-state index contributed by atoms with van der Waals surface area (Å²) in [7, 11) is 0. The molecular weight excluding hydrogens is 270 g/mol. The predicted molar refractivity (Wildman–Crippen MR) is 82.0 cm³/mol. The number of unbranched alkanes of at least 4 members (excludes halogenated alkanes) is 5. The third-order valence-electron chi connectivity index (χ3n) is 3.31. The minimum atomic E-state index is -0.510.